The molecular weight excluding hydrogens is 488 g/mol. The summed E-state index contributed by atoms with van der Waals surface area (Å²) >= 11 is 0. The zero-order valence-electron chi connectivity index (χ0n) is 19.1. The van der Waals surface area contributed by atoms with E-state index in [-0.39, 0.29) is 52.8 Å². The minimum absolute atomic E-state index is 0.000915. The summed E-state index contributed by atoms with van der Waals surface area (Å²) in [5.74, 6) is -1.18. The van der Waals surface area contributed by atoms with Gasteiger partial charge in [0.25, 0.3) is 5.91 Å². The fourth-order valence-corrected chi connectivity index (χ4v) is 7.29. The number of sulfonamides is 1. The number of likely N-dealkylation sites (N-methyl/N-ethyl adjacent to an activating group) is 1. The number of amides is 1. The van der Waals surface area contributed by atoms with Crippen LogP contribution in [-0.2, 0) is 16.2 Å². The molecule has 0 bridgehead atoms. The number of anilines is 1. The van der Waals surface area contributed by atoms with Crippen molar-refractivity contribution in [3.63, 3.8) is 0 Å². The molecule has 7 nitrogen and oxygen atoms in total. The van der Waals surface area contributed by atoms with Gasteiger partial charge in [0.05, 0.1) is 5.56 Å². The molecule has 1 aromatic carbocycles. The second kappa shape index (κ2) is 7.89. The number of fused-ring (bicyclic) bond motifs is 1. The second-order valence-electron chi connectivity index (χ2n) is 9.77. The first-order chi connectivity index (χ1) is 16.3. The van der Waals surface area contributed by atoms with E-state index in [0.29, 0.717) is 19.4 Å². The maximum absolute atomic E-state index is 14.0. The molecule has 1 amide bonds. The van der Waals surface area contributed by atoms with Crippen molar-refractivity contribution in [2.24, 2.45) is 5.41 Å². The summed E-state index contributed by atoms with van der Waals surface area (Å²) in [6.45, 7) is 2.63. The van der Waals surface area contributed by atoms with E-state index in [4.69, 9.17) is 0 Å². The molecule has 3 aliphatic rings. The summed E-state index contributed by atoms with van der Waals surface area (Å²) in [4.78, 5) is 20.0. The number of halogens is 4. The molecular formula is C23H24F4N4O3S. The van der Waals surface area contributed by atoms with E-state index in [1.165, 1.54) is 28.6 Å². The van der Waals surface area contributed by atoms with Crippen LogP contribution in [0, 0.1) is 11.2 Å². The molecule has 35 heavy (non-hydrogen) atoms. The van der Waals surface area contributed by atoms with Crippen LogP contribution < -0.4 is 4.90 Å². The predicted octanol–water partition coefficient (Wildman–Crippen LogP) is 3.37. The smallest absolute Gasteiger partial charge is 0.357 e. The zero-order chi connectivity index (χ0) is 25.3. The van der Waals surface area contributed by atoms with Gasteiger partial charge in [-0.1, -0.05) is 12.1 Å². The van der Waals surface area contributed by atoms with Gasteiger partial charge in [0, 0.05) is 44.2 Å². The number of aromatic nitrogens is 1. The molecule has 0 radical (unpaired) electrons. The molecule has 0 N–H and O–H groups in total. The summed E-state index contributed by atoms with van der Waals surface area (Å²) in [5.41, 5.74) is -1.23. The van der Waals surface area contributed by atoms with Crippen LogP contribution in [0.5, 0.6) is 0 Å². The molecule has 3 heterocycles. The average molecular weight is 513 g/mol. The number of carbonyl (C=O) groups is 1. The van der Waals surface area contributed by atoms with Crippen LogP contribution in [0.1, 0.15) is 35.8 Å². The Morgan fingerprint density at radius 2 is 1.74 bits per heavy atom. The number of pyridine rings is 1. The van der Waals surface area contributed by atoms with E-state index in [1.807, 2.05) is 6.92 Å². The Bertz CT molecular complexity index is 1290. The predicted molar refractivity (Wildman–Crippen MR) is 119 cm³/mol. The molecule has 12 heteroatoms. The lowest BCUT2D eigenvalue weighted by atomic mass is 9.61. The third-order valence-corrected chi connectivity index (χ3v) is 9.04. The highest BCUT2D eigenvalue weighted by Crippen LogP contribution is 2.52. The van der Waals surface area contributed by atoms with Crippen LogP contribution >= 0.6 is 0 Å². The normalized spacial score (nSPS) is 23.0. The Hall–Kier alpha value is -2.73. The molecule has 1 saturated carbocycles. The average Bonchev–Trinajstić information content (AvgIpc) is 2.80. The Kier molecular flexibility index (Phi) is 5.41. The van der Waals surface area contributed by atoms with Crippen molar-refractivity contribution < 1.29 is 30.8 Å². The highest BCUT2D eigenvalue weighted by Gasteiger charge is 2.58. The standard InChI is InChI=1S/C23H24F4N4O3S/c1-14-11-29(2)20-16(7-8-19(28-20)23(25,26)27)21(32)31(14)15-9-22(10-15)12-30(13-22)35(33,34)18-6-4-3-5-17(18)24/h3-8,14-15H,9-13H2,1-2H3/t14-/m1/s1. The number of nitrogens with zero attached hydrogens (tertiary/aromatic N) is 4. The van der Waals surface area contributed by atoms with Crippen LogP contribution in [0.3, 0.4) is 0 Å². The molecule has 2 aliphatic heterocycles. The molecule has 2 aromatic rings. The van der Waals surface area contributed by atoms with Crippen LogP contribution in [-0.4, -0.2) is 67.3 Å². The number of carbonyl (C=O) groups excluding carboxylic acids is 1. The molecule has 1 spiro atoms. The van der Waals surface area contributed by atoms with Crippen LogP contribution in [0.25, 0.3) is 0 Å². The monoisotopic (exact) mass is 512 g/mol. The van der Waals surface area contributed by atoms with Gasteiger partial charge in [0.15, 0.2) is 0 Å². The van der Waals surface area contributed by atoms with Gasteiger partial charge in [-0.25, -0.2) is 17.8 Å². The highest BCUT2D eigenvalue weighted by atomic mass is 32.2. The summed E-state index contributed by atoms with van der Waals surface area (Å²) < 4.78 is 80.4. The molecule has 1 aromatic heterocycles. The van der Waals surface area contributed by atoms with Gasteiger partial charge in [-0.15, -0.1) is 0 Å². The molecule has 2 fully saturated rings. The topological polar surface area (TPSA) is 73.8 Å². The minimum atomic E-state index is -4.62. The van der Waals surface area contributed by atoms with E-state index >= 15 is 0 Å². The fraction of sp³-hybridized carbons (Fsp3) is 0.478. The van der Waals surface area contributed by atoms with Crippen molar-refractivity contribution in [1.82, 2.24) is 14.2 Å². The van der Waals surface area contributed by atoms with Gasteiger partial charge in [0.2, 0.25) is 10.0 Å². The first kappa shape index (κ1) is 24.0. The maximum atomic E-state index is 14.0. The van der Waals surface area contributed by atoms with E-state index < -0.39 is 27.7 Å². The molecule has 1 aliphatic carbocycles. The van der Waals surface area contributed by atoms with Gasteiger partial charge in [-0.3, -0.25) is 4.79 Å². The minimum Gasteiger partial charge on any atom is -0.357 e. The van der Waals surface area contributed by atoms with Gasteiger partial charge in [-0.05, 0) is 44.0 Å². The summed E-state index contributed by atoms with van der Waals surface area (Å²) in [7, 11) is -2.33. The fourth-order valence-electron chi connectivity index (χ4n) is 5.56. The third-order valence-electron chi connectivity index (χ3n) is 7.21. The Morgan fingerprint density at radius 3 is 2.37 bits per heavy atom. The molecule has 1 saturated heterocycles. The van der Waals surface area contributed by atoms with E-state index in [0.717, 1.165) is 12.1 Å². The quantitative estimate of drug-likeness (QED) is 0.590. The number of hydrogen-bond donors (Lipinski definition) is 0. The number of alkyl halides is 3. The van der Waals surface area contributed by atoms with Crippen LogP contribution in [0.4, 0.5) is 23.4 Å². The van der Waals surface area contributed by atoms with Crippen LogP contribution in [0.15, 0.2) is 41.3 Å². The maximum Gasteiger partial charge on any atom is 0.433 e. The van der Waals surface area contributed by atoms with E-state index in [2.05, 4.69) is 4.98 Å². The Morgan fingerprint density at radius 1 is 1.09 bits per heavy atom. The molecule has 1 atom stereocenters. The first-order valence-corrected chi connectivity index (χ1v) is 12.6. The molecule has 0 unspecified atom stereocenters. The highest BCUT2D eigenvalue weighted by molar-refractivity contribution is 7.89. The molecule has 5 rings (SSSR count). The summed E-state index contributed by atoms with van der Waals surface area (Å²) in [6, 6.07) is 6.79. The Labute approximate surface area is 200 Å². The Balaban J connectivity index is 1.31. The lowest BCUT2D eigenvalue weighted by Crippen LogP contribution is -2.68. The van der Waals surface area contributed by atoms with Crippen molar-refractivity contribution in [3.05, 3.63) is 53.5 Å². The van der Waals surface area contributed by atoms with Crippen molar-refractivity contribution >= 4 is 21.7 Å². The summed E-state index contributed by atoms with van der Waals surface area (Å²) in [6.07, 6.45) is -3.48. The van der Waals surface area contributed by atoms with Crippen molar-refractivity contribution in [3.8, 4) is 0 Å². The first-order valence-electron chi connectivity index (χ1n) is 11.2. The lowest BCUT2D eigenvalue weighted by molar-refractivity contribution is -0.141. The van der Waals surface area contributed by atoms with Gasteiger partial charge < -0.3 is 9.80 Å². The SMILES string of the molecule is C[C@@H]1CN(C)c2nc(C(F)(F)F)ccc2C(=O)N1C1CC2(C1)CN(S(=O)(=O)c1ccccc1F)C2. The van der Waals surface area contributed by atoms with Gasteiger partial charge in [-0.2, -0.15) is 17.5 Å². The number of hydrogen-bond acceptors (Lipinski definition) is 5. The van der Waals surface area contributed by atoms with Crippen molar-refractivity contribution in [2.75, 3.05) is 31.6 Å². The number of rotatable bonds is 3. The lowest BCUT2D eigenvalue weighted by Gasteiger charge is -2.60. The summed E-state index contributed by atoms with van der Waals surface area (Å²) in [5, 5.41) is 0. The van der Waals surface area contributed by atoms with E-state index in [1.54, 1.807) is 16.8 Å². The molecule has 188 valence electrons. The third kappa shape index (κ3) is 3.86. The van der Waals surface area contributed by atoms with E-state index in [9.17, 15) is 30.8 Å². The van der Waals surface area contributed by atoms with Gasteiger partial charge in [0.1, 0.15) is 22.2 Å². The second-order valence-corrected chi connectivity index (χ2v) is 11.7. The number of benzene rings is 1. The largest absolute Gasteiger partial charge is 0.433 e. The van der Waals surface area contributed by atoms with Gasteiger partial charge >= 0.3 is 6.18 Å². The van der Waals surface area contributed by atoms with Crippen molar-refractivity contribution in [1.29, 1.82) is 0 Å². The van der Waals surface area contributed by atoms with Crippen LogP contribution in [0.2, 0.25) is 0 Å². The zero-order valence-corrected chi connectivity index (χ0v) is 19.9. The van der Waals surface area contributed by atoms with Crippen molar-refractivity contribution in [2.45, 2.75) is 42.9 Å².